The van der Waals surface area contributed by atoms with Crippen molar-refractivity contribution >= 4 is 45.7 Å². The molecule has 20 heavy (non-hydrogen) atoms. The summed E-state index contributed by atoms with van der Waals surface area (Å²) in [4.78, 5) is 30.0. The van der Waals surface area contributed by atoms with E-state index in [2.05, 4.69) is 0 Å². The molecule has 0 aliphatic rings. The van der Waals surface area contributed by atoms with Crippen LogP contribution in [-0.2, 0) is 24.8 Å². The van der Waals surface area contributed by atoms with Gasteiger partial charge in [0.25, 0.3) is 0 Å². The minimum Gasteiger partial charge on any atom is -0.726 e. The molecule has 0 aromatic rings. The number of hydrogen-bond acceptors (Lipinski definition) is 10. The third kappa shape index (κ3) is 20.1. The third-order valence-corrected chi connectivity index (χ3v) is 1.25. The summed E-state index contributed by atoms with van der Waals surface area (Å²) in [5.74, 6) is -5.98. The van der Waals surface area contributed by atoms with E-state index in [4.69, 9.17) is 22.6 Å². The molecule has 0 spiro atoms. The van der Waals surface area contributed by atoms with Crippen LogP contribution in [0.15, 0.2) is 0 Å². The maximum atomic E-state index is 10.1. The van der Waals surface area contributed by atoms with Crippen LogP contribution in [0.1, 0.15) is 12.8 Å². The van der Waals surface area contributed by atoms with Crippen LogP contribution in [-0.4, -0.2) is 63.5 Å². The van der Waals surface area contributed by atoms with Crippen molar-refractivity contribution in [1.29, 1.82) is 0 Å². The van der Waals surface area contributed by atoms with Crippen molar-refractivity contribution in [2.75, 3.05) is 0 Å². The topological polar surface area (TPSA) is 218 Å². The molecule has 0 saturated heterocycles. The van der Waals surface area contributed by atoms with Gasteiger partial charge in [0, 0.05) is 24.8 Å². The summed E-state index contributed by atoms with van der Waals surface area (Å²) >= 11 is 0. The van der Waals surface area contributed by atoms with E-state index in [1.54, 1.807) is 0 Å². The fourth-order valence-electron chi connectivity index (χ4n) is 0.684. The summed E-state index contributed by atoms with van der Waals surface area (Å²) in [6.45, 7) is 0. The molecule has 0 aromatic carbocycles. The van der Waals surface area contributed by atoms with Crippen LogP contribution < -0.4 is 44.9 Å². The zero-order chi connectivity index (χ0) is 15.1. The van der Waals surface area contributed by atoms with Gasteiger partial charge in [-0.3, -0.25) is 4.55 Å². The molecule has 0 saturated carbocycles. The molecule has 0 aliphatic carbocycles. The van der Waals surface area contributed by atoms with E-state index in [-0.39, 0.29) is 46.9 Å². The van der Waals surface area contributed by atoms with Crippen LogP contribution in [0.5, 0.6) is 0 Å². The van der Waals surface area contributed by atoms with Crippen LogP contribution in [0.2, 0.25) is 0 Å². The maximum absolute atomic E-state index is 10.1. The maximum Gasteiger partial charge on any atom is 3.00 e. The molecule has 0 amide bonds. The van der Waals surface area contributed by atoms with Crippen molar-refractivity contribution in [3.05, 3.63) is 0 Å². The van der Waals surface area contributed by atoms with Crippen LogP contribution in [0.25, 0.3) is 0 Å². The SMILES string of the molecule is O=C([O-])CC(O)(CC(=O)[O-])C(=O)[O-].O=S(=O)([O-])O.[Al+3].[Na+]. The zero-order valence-electron chi connectivity index (χ0n) is 9.97. The molecule has 106 valence electrons. The molecule has 0 radical (unpaired) electrons. The Morgan fingerprint density at radius 2 is 1.20 bits per heavy atom. The largest absolute Gasteiger partial charge is 3.00 e. The molecule has 0 heterocycles. The Morgan fingerprint density at radius 1 is 1.00 bits per heavy atom. The number of carbonyl (C=O) groups excluding carboxylic acids is 3. The van der Waals surface area contributed by atoms with Crippen LogP contribution in [0.4, 0.5) is 0 Å². The van der Waals surface area contributed by atoms with Crippen LogP contribution >= 0.6 is 0 Å². The number of carboxylic acids is 3. The Morgan fingerprint density at radius 3 is 1.30 bits per heavy atom. The van der Waals surface area contributed by atoms with Gasteiger partial charge >= 0.3 is 46.9 Å². The number of aliphatic hydroxyl groups is 1. The van der Waals surface area contributed by atoms with Gasteiger partial charge in [-0.1, -0.05) is 0 Å². The number of carbonyl (C=O) groups is 3. The Labute approximate surface area is 145 Å². The van der Waals surface area contributed by atoms with Gasteiger partial charge in [-0.25, -0.2) is 8.42 Å². The van der Waals surface area contributed by atoms with E-state index in [1.165, 1.54) is 0 Å². The number of rotatable bonds is 5. The second-order valence-electron chi connectivity index (χ2n) is 2.84. The second-order valence-corrected chi connectivity index (χ2v) is 3.70. The first kappa shape index (κ1) is 28.0. The van der Waals surface area contributed by atoms with Gasteiger partial charge in [0.05, 0.1) is 5.97 Å². The van der Waals surface area contributed by atoms with E-state index in [0.29, 0.717) is 0 Å². The summed E-state index contributed by atoms with van der Waals surface area (Å²) in [5.41, 5.74) is -2.97. The fraction of sp³-hybridized carbons (Fsp3) is 0.500. The van der Waals surface area contributed by atoms with E-state index < -0.39 is 46.7 Å². The normalized spacial score (nSPS) is 9.95. The van der Waals surface area contributed by atoms with Gasteiger partial charge < -0.3 is 39.4 Å². The predicted molar refractivity (Wildman–Crippen MR) is 47.3 cm³/mol. The molecule has 2 N–H and O–H groups in total. The Hall–Kier alpha value is -0.228. The molecule has 0 unspecified atom stereocenters. The minimum absolute atomic E-state index is 0. The first-order chi connectivity index (χ1) is 7.78. The summed E-state index contributed by atoms with van der Waals surface area (Å²) < 4.78 is 32.8. The Kier molecular flexibility index (Phi) is 16.0. The van der Waals surface area contributed by atoms with Gasteiger partial charge in [0.1, 0.15) is 5.60 Å². The van der Waals surface area contributed by atoms with Crippen LogP contribution in [0.3, 0.4) is 0 Å². The Balaban J connectivity index is -0.000000158. The van der Waals surface area contributed by atoms with E-state index in [0.717, 1.165) is 0 Å². The van der Waals surface area contributed by atoms with Crippen molar-refractivity contribution in [3.8, 4) is 0 Å². The van der Waals surface area contributed by atoms with Crippen molar-refractivity contribution in [3.63, 3.8) is 0 Å². The predicted octanol–water partition coefficient (Wildman–Crippen LogP) is -9.62. The van der Waals surface area contributed by atoms with Gasteiger partial charge in [-0.2, -0.15) is 0 Å². The molecule has 11 nitrogen and oxygen atoms in total. The minimum atomic E-state index is -4.92. The molecule has 0 atom stereocenters. The summed E-state index contributed by atoms with van der Waals surface area (Å²) in [5, 5.41) is 38.9. The average Bonchev–Trinajstić information content (AvgIpc) is 1.95. The summed E-state index contributed by atoms with van der Waals surface area (Å²) in [6.07, 6.45) is -2.72. The van der Waals surface area contributed by atoms with Crippen molar-refractivity contribution < 1.29 is 81.9 Å². The first-order valence-electron chi connectivity index (χ1n) is 3.80. The van der Waals surface area contributed by atoms with Crippen molar-refractivity contribution in [1.82, 2.24) is 0 Å². The van der Waals surface area contributed by atoms with Crippen molar-refractivity contribution in [2.24, 2.45) is 0 Å². The number of hydrogen-bond donors (Lipinski definition) is 2. The molecule has 0 rings (SSSR count). The monoisotopic (exact) mass is 336 g/mol. The van der Waals surface area contributed by atoms with E-state index >= 15 is 0 Å². The number of carboxylic acid groups (broad SMARTS) is 3. The first-order valence-corrected chi connectivity index (χ1v) is 5.16. The second kappa shape index (κ2) is 11.4. The van der Waals surface area contributed by atoms with Crippen LogP contribution in [0, 0.1) is 0 Å². The summed E-state index contributed by atoms with van der Waals surface area (Å²) in [7, 11) is -4.92. The average molecular weight is 336 g/mol. The number of aliphatic carboxylic acids is 3. The molecular weight excluding hydrogens is 330 g/mol. The quantitative estimate of drug-likeness (QED) is 0.272. The van der Waals surface area contributed by atoms with E-state index in [9.17, 15) is 29.7 Å². The third-order valence-electron chi connectivity index (χ3n) is 1.25. The van der Waals surface area contributed by atoms with Crippen molar-refractivity contribution in [2.45, 2.75) is 18.4 Å². The molecule has 14 heteroatoms. The van der Waals surface area contributed by atoms with Gasteiger partial charge in [-0.05, 0) is 0 Å². The fourth-order valence-corrected chi connectivity index (χ4v) is 0.684. The smallest absolute Gasteiger partial charge is 0.726 e. The van der Waals surface area contributed by atoms with E-state index in [1.807, 2.05) is 0 Å². The molecule has 0 aliphatic heterocycles. The standard InChI is InChI=1S/C6H8O7.Al.Na.H2O4S/c7-3(8)1-6(13,5(11)12)2-4(9)10;;;1-5(2,3)4/h13H,1-2H2,(H,7,8)(H,9,10)(H,11,12);;;(H2,1,2,3,4)/q;+3;+1;/p-4. The zero-order valence-corrected chi connectivity index (χ0v) is 13.9. The van der Waals surface area contributed by atoms with Gasteiger partial charge in [-0.15, -0.1) is 0 Å². The van der Waals surface area contributed by atoms with Gasteiger partial charge in [0.15, 0.2) is 0 Å². The summed E-state index contributed by atoms with van der Waals surface area (Å²) in [6, 6.07) is 0. The Bertz CT molecular complexity index is 408. The molecule has 0 bridgehead atoms. The van der Waals surface area contributed by atoms with Gasteiger partial charge in [0.2, 0.25) is 10.4 Å². The molecular formula is C6H6AlNaO11S. The molecule has 0 fully saturated rings. The molecule has 0 aromatic heterocycles.